The minimum atomic E-state index is -0.103. The van der Waals surface area contributed by atoms with Gasteiger partial charge in [-0.1, -0.05) is 17.7 Å². The van der Waals surface area contributed by atoms with Gasteiger partial charge in [0.15, 0.2) is 5.82 Å². The first-order valence-corrected chi connectivity index (χ1v) is 10.3. The van der Waals surface area contributed by atoms with Gasteiger partial charge in [-0.05, 0) is 69.7 Å². The summed E-state index contributed by atoms with van der Waals surface area (Å²) < 4.78 is 1.83. The van der Waals surface area contributed by atoms with Crippen molar-refractivity contribution < 1.29 is 4.79 Å². The molecular formula is C23H23ClN6O. The molecule has 0 aliphatic heterocycles. The zero-order valence-electron chi connectivity index (χ0n) is 17.8. The molecule has 0 fully saturated rings. The van der Waals surface area contributed by atoms with Crippen LogP contribution in [-0.2, 0) is 11.2 Å². The number of nitrogens with one attached hydrogen (secondary N) is 2. The van der Waals surface area contributed by atoms with Gasteiger partial charge in [0.1, 0.15) is 5.82 Å². The summed E-state index contributed by atoms with van der Waals surface area (Å²) in [5.74, 6) is 1.28. The summed E-state index contributed by atoms with van der Waals surface area (Å²) in [5, 5.41) is 15.2. The first kappa shape index (κ1) is 20.8. The van der Waals surface area contributed by atoms with E-state index in [9.17, 15) is 4.79 Å². The van der Waals surface area contributed by atoms with Crippen LogP contribution in [0.15, 0.2) is 42.5 Å². The second-order valence-corrected chi connectivity index (χ2v) is 7.95. The Morgan fingerprint density at radius 2 is 1.84 bits per heavy atom. The Balaban J connectivity index is 1.48. The van der Waals surface area contributed by atoms with Crippen molar-refractivity contribution in [3.8, 4) is 17.1 Å². The maximum atomic E-state index is 12.7. The lowest BCUT2D eigenvalue weighted by Gasteiger charge is -2.08. The number of aryl methyl sites for hydroxylation is 3. The topological polar surface area (TPSA) is 88.5 Å². The molecule has 4 rings (SSSR count). The predicted octanol–water partition coefficient (Wildman–Crippen LogP) is 4.73. The number of nitrogens with zero attached hydrogens (tertiary/aromatic N) is 4. The largest absolute Gasteiger partial charge is 0.326 e. The number of carbonyl (C=O) groups excluding carboxylic acids is 1. The lowest BCUT2D eigenvalue weighted by atomic mass is 10.1. The van der Waals surface area contributed by atoms with Crippen molar-refractivity contribution in [2.24, 2.45) is 0 Å². The van der Waals surface area contributed by atoms with Crippen LogP contribution in [0.5, 0.6) is 0 Å². The smallest absolute Gasteiger partial charge is 0.228 e. The van der Waals surface area contributed by atoms with Crippen molar-refractivity contribution in [3.05, 3.63) is 75.8 Å². The van der Waals surface area contributed by atoms with Gasteiger partial charge in [0.25, 0.3) is 0 Å². The van der Waals surface area contributed by atoms with Gasteiger partial charge in [0.2, 0.25) is 5.91 Å². The van der Waals surface area contributed by atoms with Crippen LogP contribution in [0.25, 0.3) is 17.1 Å². The summed E-state index contributed by atoms with van der Waals surface area (Å²) in [4.78, 5) is 17.0. The van der Waals surface area contributed by atoms with Crippen molar-refractivity contribution in [1.82, 2.24) is 25.0 Å². The summed E-state index contributed by atoms with van der Waals surface area (Å²) in [6, 6.07) is 13.3. The minimum absolute atomic E-state index is 0.103. The Labute approximate surface area is 185 Å². The number of benzene rings is 2. The van der Waals surface area contributed by atoms with Crippen LogP contribution in [0.4, 0.5) is 5.69 Å². The normalized spacial score (nSPS) is 11.0. The number of hydrogen-bond acceptors (Lipinski definition) is 4. The fourth-order valence-corrected chi connectivity index (χ4v) is 3.61. The van der Waals surface area contributed by atoms with E-state index in [0.29, 0.717) is 16.5 Å². The Bertz CT molecular complexity index is 1260. The lowest BCUT2D eigenvalue weighted by molar-refractivity contribution is -0.115. The summed E-state index contributed by atoms with van der Waals surface area (Å²) in [6.45, 7) is 7.69. The quantitative estimate of drug-likeness (QED) is 0.475. The van der Waals surface area contributed by atoms with Crippen molar-refractivity contribution in [2.75, 3.05) is 5.32 Å². The Kier molecular flexibility index (Phi) is 5.61. The highest BCUT2D eigenvalue weighted by molar-refractivity contribution is 6.31. The van der Waals surface area contributed by atoms with Gasteiger partial charge in [0.05, 0.1) is 17.8 Å². The van der Waals surface area contributed by atoms with Crippen LogP contribution in [0.3, 0.4) is 0 Å². The molecule has 0 saturated carbocycles. The Morgan fingerprint density at radius 1 is 1.10 bits per heavy atom. The Hall–Kier alpha value is -3.45. The van der Waals surface area contributed by atoms with Gasteiger partial charge in [0, 0.05) is 27.5 Å². The number of anilines is 1. The van der Waals surface area contributed by atoms with Crippen LogP contribution in [0.2, 0.25) is 5.02 Å². The van der Waals surface area contributed by atoms with Crippen LogP contribution in [-0.4, -0.2) is 30.9 Å². The van der Waals surface area contributed by atoms with Crippen LogP contribution >= 0.6 is 11.6 Å². The van der Waals surface area contributed by atoms with Crippen LogP contribution < -0.4 is 5.32 Å². The number of amides is 1. The van der Waals surface area contributed by atoms with Crippen LogP contribution in [0.1, 0.15) is 28.3 Å². The predicted molar refractivity (Wildman–Crippen MR) is 122 cm³/mol. The zero-order valence-corrected chi connectivity index (χ0v) is 18.6. The standard InChI is InChI=1S/C23H23ClN6O/c1-13-5-10-19(11-21(13)24)30-15(3)20(14(2)29-30)12-22(31)26-18-8-6-17(7-9-18)23-25-16(4)27-28-23/h5-11H,12H2,1-4H3,(H,26,31)(H,25,27,28). The SMILES string of the molecule is Cc1nc(-c2ccc(NC(=O)Cc3c(C)nn(-c4ccc(C)c(Cl)c4)c3C)cc2)n[nH]1. The number of hydrogen-bond donors (Lipinski definition) is 2. The third kappa shape index (κ3) is 4.36. The van der Waals surface area contributed by atoms with E-state index in [0.717, 1.165) is 39.6 Å². The monoisotopic (exact) mass is 434 g/mol. The number of aromatic nitrogens is 5. The van der Waals surface area contributed by atoms with Gasteiger partial charge in [-0.3, -0.25) is 9.89 Å². The third-order valence-corrected chi connectivity index (χ3v) is 5.61. The van der Waals surface area contributed by atoms with E-state index in [4.69, 9.17) is 11.6 Å². The molecule has 2 heterocycles. The average molecular weight is 435 g/mol. The van der Waals surface area contributed by atoms with Crippen LogP contribution in [0, 0.1) is 27.7 Å². The van der Waals surface area contributed by atoms with E-state index < -0.39 is 0 Å². The minimum Gasteiger partial charge on any atom is -0.326 e. The summed E-state index contributed by atoms with van der Waals surface area (Å²) >= 11 is 6.27. The van der Waals surface area contributed by atoms with Crippen molar-refractivity contribution in [2.45, 2.75) is 34.1 Å². The highest BCUT2D eigenvalue weighted by Gasteiger charge is 2.17. The zero-order chi connectivity index (χ0) is 22.1. The second-order valence-electron chi connectivity index (χ2n) is 7.54. The maximum absolute atomic E-state index is 12.7. The highest BCUT2D eigenvalue weighted by Crippen LogP contribution is 2.24. The molecule has 0 aliphatic rings. The summed E-state index contributed by atoms with van der Waals surface area (Å²) in [7, 11) is 0. The highest BCUT2D eigenvalue weighted by atomic mass is 35.5. The molecule has 0 saturated heterocycles. The average Bonchev–Trinajstić information content (AvgIpc) is 3.29. The van der Waals surface area contributed by atoms with Gasteiger partial charge >= 0.3 is 0 Å². The fourth-order valence-electron chi connectivity index (χ4n) is 3.44. The summed E-state index contributed by atoms with van der Waals surface area (Å²) in [5.41, 5.74) is 6.13. The molecule has 1 amide bonds. The second kappa shape index (κ2) is 8.35. The van der Waals surface area contributed by atoms with E-state index >= 15 is 0 Å². The molecular weight excluding hydrogens is 412 g/mol. The molecule has 0 bridgehead atoms. The van der Waals surface area contributed by atoms with Crippen molar-refractivity contribution in [1.29, 1.82) is 0 Å². The van der Waals surface area contributed by atoms with Gasteiger partial charge < -0.3 is 5.32 Å². The molecule has 0 spiro atoms. The molecule has 8 heteroatoms. The molecule has 2 aromatic heterocycles. The summed E-state index contributed by atoms with van der Waals surface area (Å²) in [6.07, 6.45) is 0.235. The van der Waals surface area contributed by atoms with Gasteiger partial charge in [-0.2, -0.15) is 10.2 Å². The number of H-pyrrole nitrogens is 1. The van der Waals surface area contributed by atoms with E-state index in [1.165, 1.54) is 0 Å². The molecule has 31 heavy (non-hydrogen) atoms. The van der Waals surface area contributed by atoms with E-state index in [-0.39, 0.29) is 12.3 Å². The van der Waals surface area contributed by atoms with Gasteiger partial charge in [-0.15, -0.1) is 0 Å². The van der Waals surface area contributed by atoms with Gasteiger partial charge in [-0.25, -0.2) is 9.67 Å². The molecule has 2 N–H and O–H groups in total. The van der Waals surface area contributed by atoms with E-state index in [1.54, 1.807) is 0 Å². The molecule has 0 atom stereocenters. The van der Waals surface area contributed by atoms with E-state index in [2.05, 4.69) is 25.6 Å². The number of halogens is 1. The first-order valence-electron chi connectivity index (χ1n) is 9.92. The van der Waals surface area contributed by atoms with Crippen molar-refractivity contribution in [3.63, 3.8) is 0 Å². The van der Waals surface area contributed by atoms with E-state index in [1.807, 2.05) is 74.8 Å². The van der Waals surface area contributed by atoms with Crippen molar-refractivity contribution >= 4 is 23.2 Å². The molecule has 4 aromatic rings. The number of carbonyl (C=O) groups is 1. The molecule has 2 aromatic carbocycles. The lowest BCUT2D eigenvalue weighted by Crippen LogP contribution is -2.15. The third-order valence-electron chi connectivity index (χ3n) is 5.20. The number of rotatable bonds is 5. The first-order chi connectivity index (χ1) is 14.8. The molecule has 0 aliphatic carbocycles. The molecule has 0 unspecified atom stereocenters. The maximum Gasteiger partial charge on any atom is 0.228 e. The molecule has 7 nitrogen and oxygen atoms in total. The molecule has 158 valence electrons. The fraction of sp³-hybridized carbons (Fsp3) is 0.217. The molecule has 0 radical (unpaired) electrons. The number of aromatic amines is 1. The Morgan fingerprint density at radius 3 is 2.48 bits per heavy atom.